The van der Waals surface area contributed by atoms with Gasteiger partial charge in [0.2, 0.25) is 10.0 Å². The summed E-state index contributed by atoms with van der Waals surface area (Å²) >= 11 is 0. The molecule has 1 fully saturated rings. The maximum absolute atomic E-state index is 11.5. The zero-order chi connectivity index (χ0) is 14.9. The smallest absolute Gasteiger partial charge is 0.240 e. The van der Waals surface area contributed by atoms with Gasteiger partial charge in [0.05, 0.1) is 23.5 Å². The summed E-state index contributed by atoms with van der Waals surface area (Å²) in [6.07, 6.45) is 3.24. The van der Waals surface area contributed by atoms with Gasteiger partial charge in [0.1, 0.15) is 4.90 Å². The number of para-hydroxylation sites is 1. The molecule has 0 bridgehead atoms. The van der Waals surface area contributed by atoms with Crippen molar-refractivity contribution in [3.63, 3.8) is 0 Å². The second-order valence-electron chi connectivity index (χ2n) is 5.26. The molecule has 20 heavy (non-hydrogen) atoms. The van der Waals surface area contributed by atoms with Crippen LogP contribution in [-0.4, -0.2) is 32.7 Å². The fourth-order valence-corrected chi connectivity index (χ4v) is 3.49. The molecule has 2 atom stereocenters. The second-order valence-corrected chi connectivity index (χ2v) is 6.79. The van der Waals surface area contributed by atoms with Gasteiger partial charge in [-0.25, -0.2) is 13.6 Å². The Morgan fingerprint density at radius 3 is 2.55 bits per heavy atom. The van der Waals surface area contributed by atoms with Crippen molar-refractivity contribution < 1.29 is 13.5 Å². The lowest BCUT2D eigenvalue weighted by molar-refractivity contribution is 0.106. The molecule has 1 aromatic rings. The van der Waals surface area contributed by atoms with Gasteiger partial charge in [-0.1, -0.05) is 18.9 Å². The summed E-state index contributed by atoms with van der Waals surface area (Å²) in [6, 6.07) is 4.68. The molecular formula is C13H21N3O3S. The van der Waals surface area contributed by atoms with E-state index in [2.05, 4.69) is 0 Å². The van der Waals surface area contributed by atoms with Gasteiger partial charge in [-0.3, -0.25) is 0 Å². The van der Waals surface area contributed by atoms with Crippen molar-refractivity contribution in [1.29, 1.82) is 0 Å². The van der Waals surface area contributed by atoms with Crippen molar-refractivity contribution in [1.82, 2.24) is 0 Å². The van der Waals surface area contributed by atoms with Gasteiger partial charge >= 0.3 is 0 Å². The van der Waals surface area contributed by atoms with Crippen LogP contribution in [0.25, 0.3) is 0 Å². The standard InChI is InChI=1S/C13H21N3O3S/c1-16(9-5-2-3-7-11(9)17)10-6-4-8-12(13(10)14)20(15,18)19/h4,6,8-9,11,17H,2-3,5,7,14H2,1H3,(H2,15,18,19). The number of nitrogen functional groups attached to an aromatic ring is 1. The Morgan fingerprint density at radius 2 is 1.95 bits per heavy atom. The van der Waals surface area contributed by atoms with Crippen LogP contribution in [0.1, 0.15) is 25.7 Å². The van der Waals surface area contributed by atoms with Crippen molar-refractivity contribution in [2.75, 3.05) is 17.7 Å². The zero-order valence-corrected chi connectivity index (χ0v) is 12.3. The van der Waals surface area contributed by atoms with Gasteiger partial charge in [0, 0.05) is 7.05 Å². The van der Waals surface area contributed by atoms with Crippen LogP contribution in [0.3, 0.4) is 0 Å². The predicted molar refractivity (Wildman–Crippen MR) is 78.9 cm³/mol. The van der Waals surface area contributed by atoms with Crippen LogP contribution in [-0.2, 0) is 10.0 Å². The molecule has 5 N–H and O–H groups in total. The van der Waals surface area contributed by atoms with E-state index in [1.54, 1.807) is 12.1 Å². The highest BCUT2D eigenvalue weighted by atomic mass is 32.2. The topological polar surface area (TPSA) is 110 Å². The number of nitrogens with zero attached hydrogens (tertiary/aromatic N) is 1. The van der Waals surface area contributed by atoms with E-state index in [-0.39, 0.29) is 16.6 Å². The number of aliphatic hydroxyl groups excluding tert-OH is 1. The number of sulfonamides is 1. The Bertz CT molecular complexity index is 589. The van der Waals surface area contributed by atoms with Crippen LogP contribution in [0.4, 0.5) is 11.4 Å². The highest BCUT2D eigenvalue weighted by Gasteiger charge is 2.28. The molecule has 0 heterocycles. The van der Waals surface area contributed by atoms with Crippen molar-refractivity contribution in [2.24, 2.45) is 5.14 Å². The van der Waals surface area contributed by atoms with Crippen LogP contribution in [0.15, 0.2) is 23.1 Å². The van der Waals surface area contributed by atoms with Gasteiger partial charge in [0.15, 0.2) is 0 Å². The molecule has 2 rings (SSSR count). The third-order valence-corrected chi connectivity index (χ3v) is 4.89. The Labute approximate surface area is 119 Å². The molecule has 0 spiro atoms. The Morgan fingerprint density at radius 1 is 1.30 bits per heavy atom. The molecule has 112 valence electrons. The van der Waals surface area contributed by atoms with Crippen LogP contribution in [0.2, 0.25) is 0 Å². The van der Waals surface area contributed by atoms with Crippen molar-refractivity contribution in [3.8, 4) is 0 Å². The van der Waals surface area contributed by atoms with E-state index in [1.165, 1.54) is 6.07 Å². The molecule has 6 nitrogen and oxygen atoms in total. The summed E-state index contributed by atoms with van der Waals surface area (Å²) in [5.74, 6) is 0. The van der Waals surface area contributed by atoms with Gasteiger partial charge in [-0.15, -0.1) is 0 Å². The van der Waals surface area contributed by atoms with E-state index < -0.39 is 16.1 Å². The van der Waals surface area contributed by atoms with E-state index >= 15 is 0 Å². The Balaban J connectivity index is 2.37. The molecule has 0 saturated heterocycles. The van der Waals surface area contributed by atoms with Crippen LogP contribution in [0, 0.1) is 0 Å². The number of aliphatic hydroxyl groups is 1. The minimum atomic E-state index is -3.85. The first-order chi connectivity index (χ1) is 9.32. The second kappa shape index (κ2) is 5.59. The fourth-order valence-electron chi connectivity index (χ4n) is 2.81. The molecule has 1 saturated carbocycles. The van der Waals surface area contributed by atoms with Gasteiger partial charge in [-0.05, 0) is 25.0 Å². The Kier molecular flexibility index (Phi) is 4.22. The summed E-state index contributed by atoms with van der Waals surface area (Å²) in [7, 11) is -2.03. The lowest BCUT2D eigenvalue weighted by Gasteiger charge is -2.37. The van der Waals surface area contributed by atoms with Crippen molar-refractivity contribution in [2.45, 2.75) is 42.7 Å². The van der Waals surface area contributed by atoms with Crippen LogP contribution in [0.5, 0.6) is 0 Å². The average molecular weight is 299 g/mol. The van der Waals surface area contributed by atoms with E-state index in [0.717, 1.165) is 25.7 Å². The molecule has 0 amide bonds. The maximum Gasteiger partial charge on any atom is 0.240 e. The number of hydrogen-bond acceptors (Lipinski definition) is 5. The fraction of sp³-hybridized carbons (Fsp3) is 0.538. The molecular weight excluding hydrogens is 278 g/mol. The summed E-state index contributed by atoms with van der Waals surface area (Å²) in [5.41, 5.74) is 6.66. The number of nitrogens with two attached hydrogens (primary N) is 2. The average Bonchev–Trinajstić information content (AvgIpc) is 2.37. The molecule has 1 aliphatic carbocycles. The van der Waals surface area contributed by atoms with Crippen molar-refractivity contribution in [3.05, 3.63) is 18.2 Å². The monoisotopic (exact) mass is 299 g/mol. The van der Waals surface area contributed by atoms with Crippen LogP contribution < -0.4 is 15.8 Å². The number of anilines is 2. The summed E-state index contributed by atoms with van der Waals surface area (Å²) in [5, 5.41) is 15.3. The van der Waals surface area contributed by atoms with Gasteiger partial charge < -0.3 is 15.7 Å². The van der Waals surface area contributed by atoms with E-state index in [0.29, 0.717) is 5.69 Å². The Hall–Kier alpha value is -1.31. The highest BCUT2D eigenvalue weighted by molar-refractivity contribution is 7.89. The number of primary sulfonamides is 1. The quantitative estimate of drug-likeness (QED) is 0.710. The van der Waals surface area contributed by atoms with Gasteiger partial charge in [0.25, 0.3) is 0 Å². The zero-order valence-electron chi connectivity index (χ0n) is 11.5. The summed E-state index contributed by atoms with van der Waals surface area (Å²) < 4.78 is 23.0. The maximum atomic E-state index is 11.5. The molecule has 0 aliphatic heterocycles. The number of likely N-dealkylation sites (N-methyl/N-ethyl adjacent to an activating group) is 1. The molecule has 2 unspecified atom stereocenters. The lowest BCUT2D eigenvalue weighted by Crippen LogP contribution is -2.43. The van der Waals surface area contributed by atoms with E-state index in [4.69, 9.17) is 10.9 Å². The lowest BCUT2D eigenvalue weighted by atomic mass is 9.91. The third-order valence-electron chi connectivity index (χ3n) is 3.92. The first-order valence-corrected chi connectivity index (χ1v) is 8.19. The number of benzene rings is 1. The molecule has 0 radical (unpaired) electrons. The molecule has 1 aliphatic rings. The first-order valence-electron chi connectivity index (χ1n) is 6.64. The SMILES string of the molecule is CN(c1cccc(S(N)(=O)=O)c1N)C1CCCCC1O. The van der Waals surface area contributed by atoms with Crippen molar-refractivity contribution >= 4 is 21.4 Å². The first kappa shape index (κ1) is 15.1. The van der Waals surface area contributed by atoms with Crippen LogP contribution >= 0.6 is 0 Å². The van der Waals surface area contributed by atoms with E-state index in [9.17, 15) is 13.5 Å². The van der Waals surface area contributed by atoms with E-state index in [1.807, 2.05) is 11.9 Å². The molecule has 7 heteroatoms. The minimum absolute atomic E-state index is 0.0539. The number of hydrogen-bond donors (Lipinski definition) is 3. The molecule has 1 aromatic carbocycles. The summed E-state index contributed by atoms with van der Waals surface area (Å²) in [4.78, 5) is 1.78. The highest BCUT2D eigenvalue weighted by Crippen LogP contribution is 2.33. The summed E-state index contributed by atoms with van der Waals surface area (Å²) in [6.45, 7) is 0. The third kappa shape index (κ3) is 2.89. The minimum Gasteiger partial charge on any atom is -0.396 e. The largest absolute Gasteiger partial charge is 0.396 e. The normalized spacial score (nSPS) is 23.6. The number of rotatable bonds is 3. The predicted octanol–water partition coefficient (Wildman–Crippen LogP) is 0.656. The van der Waals surface area contributed by atoms with Gasteiger partial charge in [-0.2, -0.15) is 0 Å². The molecule has 0 aromatic heterocycles.